The first kappa shape index (κ1) is 17.9. The topological polar surface area (TPSA) is 65.2 Å². The molecule has 8 heteroatoms. The number of piperidine rings is 1. The molecule has 3 heterocycles. The van der Waals surface area contributed by atoms with Crippen LogP contribution >= 0.6 is 11.6 Å². The van der Waals surface area contributed by atoms with Crippen molar-refractivity contribution in [2.24, 2.45) is 7.05 Å². The Balaban J connectivity index is 1.76. The van der Waals surface area contributed by atoms with Crippen molar-refractivity contribution in [3.8, 4) is 0 Å². The van der Waals surface area contributed by atoms with Gasteiger partial charge in [0.15, 0.2) is 5.69 Å². The average molecular weight is 366 g/mol. The molecular weight excluding hydrogens is 342 g/mol. The summed E-state index contributed by atoms with van der Waals surface area (Å²) in [4.78, 5) is 19.2. The molecule has 1 amide bonds. The summed E-state index contributed by atoms with van der Waals surface area (Å²) in [7, 11) is 3.49. The van der Waals surface area contributed by atoms with Crippen LogP contribution < -0.4 is 0 Å². The minimum Gasteiger partial charge on any atom is -0.383 e. The Morgan fingerprint density at radius 3 is 2.96 bits per heavy atom. The third kappa shape index (κ3) is 3.57. The van der Waals surface area contributed by atoms with Crippen molar-refractivity contribution in [2.45, 2.75) is 32.2 Å². The average Bonchev–Trinajstić information content (AvgIpc) is 3.20. The van der Waals surface area contributed by atoms with Crippen molar-refractivity contribution in [1.82, 2.24) is 24.2 Å². The van der Waals surface area contributed by atoms with Crippen LogP contribution in [0.15, 0.2) is 12.4 Å². The van der Waals surface area contributed by atoms with Crippen LogP contribution in [0.4, 0.5) is 0 Å². The first-order chi connectivity index (χ1) is 12.0. The molecule has 0 aromatic carbocycles. The molecule has 0 bridgehead atoms. The second kappa shape index (κ2) is 7.58. The van der Waals surface area contributed by atoms with Gasteiger partial charge in [-0.3, -0.25) is 9.48 Å². The summed E-state index contributed by atoms with van der Waals surface area (Å²) in [6, 6.07) is 0. The number of imidazole rings is 1. The first-order valence-corrected chi connectivity index (χ1v) is 8.89. The van der Waals surface area contributed by atoms with Crippen LogP contribution in [0.1, 0.15) is 40.8 Å². The number of carbonyl (C=O) groups excluding carboxylic acids is 1. The van der Waals surface area contributed by atoms with Gasteiger partial charge in [0.25, 0.3) is 5.91 Å². The Morgan fingerprint density at radius 1 is 1.48 bits per heavy atom. The minimum atomic E-state index is -0.103. The number of aromatic nitrogens is 4. The number of aryl methyl sites for hydroxylation is 1. The van der Waals surface area contributed by atoms with E-state index >= 15 is 0 Å². The summed E-state index contributed by atoms with van der Waals surface area (Å²) in [6.07, 6.45) is 5.73. The van der Waals surface area contributed by atoms with Gasteiger partial charge in [0.1, 0.15) is 5.82 Å². The summed E-state index contributed by atoms with van der Waals surface area (Å²) >= 11 is 6.29. The molecule has 1 aliphatic heterocycles. The molecule has 7 nitrogen and oxygen atoms in total. The Hall–Kier alpha value is -1.86. The number of hydrogen-bond acceptors (Lipinski definition) is 4. The predicted octanol–water partition coefficient (Wildman–Crippen LogP) is 2.24. The van der Waals surface area contributed by atoms with Gasteiger partial charge in [0.2, 0.25) is 0 Å². The molecule has 1 atom stereocenters. The van der Waals surface area contributed by atoms with Crippen LogP contribution in [-0.2, 0) is 18.3 Å². The van der Waals surface area contributed by atoms with Gasteiger partial charge in [-0.25, -0.2) is 4.98 Å². The molecule has 0 radical (unpaired) electrons. The van der Waals surface area contributed by atoms with Crippen LogP contribution in [-0.4, -0.2) is 56.9 Å². The molecule has 0 spiro atoms. The van der Waals surface area contributed by atoms with E-state index in [9.17, 15) is 4.79 Å². The third-order valence-corrected chi connectivity index (χ3v) is 5.27. The first-order valence-electron chi connectivity index (χ1n) is 8.51. The van der Waals surface area contributed by atoms with Gasteiger partial charge < -0.3 is 14.2 Å². The van der Waals surface area contributed by atoms with Crippen LogP contribution in [0.3, 0.4) is 0 Å². The number of carbonyl (C=O) groups is 1. The number of ether oxygens (including phenoxy) is 1. The van der Waals surface area contributed by atoms with E-state index in [1.165, 1.54) is 0 Å². The molecule has 2 aromatic rings. The van der Waals surface area contributed by atoms with E-state index in [2.05, 4.69) is 14.6 Å². The number of hydrogen-bond donors (Lipinski definition) is 0. The SMILES string of the molecule is COCCn1ccnc1C1CCCN(C(=O)c2nn(C)c(C)c2Cl)C1. The van der Waals surface area contributed by atoms with Crippen molar-refractivity contribution in [2.75, 3.05) is 26.8 Å². The van der Waals surface area contributed by atoms with E-state index < -0.39 is 0 Å². The highest BCUT2D eigenvalue weighted by atomic mass is 35.5. The van der Waals surface area contributed by atoms with Gasteiger partial charge in [-0.05, 0) is 19.8 Å². The number of nitrogens with zero attached hydrogens (tertiary/aromatic N) is 5. The molecular formula is C17H24ClN5O2. The maximum Gasteiger partial charge on any atom is 0.275 e. The zero-order valence-electron chi connectivity index (χ0n) is 14.9. The van der Waals surface area contributed by atoms with Crippen molar-refractivity contribution < 1.29 is 9.53 Å². The zero-order valence-corrected chi connectivity index (χ0v) is 15.7. The van der Waals surface area contributed by atoms with Gasteiger partial charge >= 0.3 is 0 Å². The normalized spacial score (nSPS) is 17.9. The van der Waals surface area contributed by atoms with Gasteiger partial charge in [0, 0.05) is 52.1 Å². The highest BCUT2D eigenvalue weighted by Gasteiger charge is 2.30. The van der Waals surface area contributed by atoms with Gasteiger partial charge in [0.05, 0.1) is 17.3 Å². The molecule has 1 saturated heterocycles. The fourth-order valence-electron chi connectivity index (χ4n) is 3.30. The van der Waals surface area contributed by atoms with E-state index in [1.54, 1.807) is 18.8 Å². The lowest BCUT2D eigenvalue weighted by Gasteiger charge is -2.32. The van der Waals surface area contributed by atoms with E-state index in [0.29, 0.717) is 23.9 Å². The van der Waals surface area contributed by atoms with Crippen LogP contribution in [0, 0.1) is 6.92 Å². The maximum atomic E-state index is 12.9. The smallest absolute Gasteiger partial charge is 0.275 e. The highest BCUT2D eigenvalue weighted by Crippen LogP contribution is 2.28. The molecule has 1 unspecified atom stereocenters. The quantitative estimate of drug-likeness (QED) is 0.815. The molecule has 0 aliphatic carbocycles. The van der Waals surface area contributed by atoms with Crippen molar-refractivity contribution in [1.29, 1.82) is 0 Å². The molecule has 3 rings (SSSR count). The van der Waals surface area contributed by atoms with Crippen LogP contribution in [0.25, 0.3) is 0 Å². The molecule has 136 valence electrons. The van der Waals surface area contributed by atoms with E-state index in [4.69, 9.17) is 16.3 Å². The standard InChI is InChI=1S/C17H24ClN5O2/c1-12-14(18)15(20-21(12)2)17(24)23-7-4-5-13(11-23)16-19-6-8-22(16)9-10-25-3/h6,8,13H,4-5,7,9-11H2,1-3H3. The van der Waals surface area contributed by atoms with E-state index in [-0.39, 0.29) is 11.8 Å². The summed E-state index contributed by atoms with van der Waals surface area (Å²) in [5.41, 5.74) is 1.14. The Morgan fingerprint density at radius 2 is 2.28 bits per heavy atom. The lowest BCUT2D eigenvalue weighted by Crippen LogP contribution is -2.40. The number of halogens is 1. The maximum absolute atomic E-state index is 12.9. The molecule has 0 saturated carbocycles. The fourth-order valence-corrected chi connectivity index (χ4v) is 3.54. The summed E-state index contributed by atoms with van der Waals surface area (Å²) in [5, 5.41) is 4.73. The molecule has 1 aliphatic rings. The van der Waals surface area contributed by atoms with Gasteiger partial charge in [-0.15, -0.1) is 0 Å². The van der Waals surface area contributed by atoms with Crippen molar-refractivity contribution >= 4 is 17.5 Å². The second-order valence-electron chi connectivity index (χ2n) is 6.43. The number of likely N-dealkylation sites (tertiary alicyclic amines) is 1. The van der Waals surface area contributed by atoms with E-state index in [0.717, 1.165) is 37.4 Å². The van der Waals surface area contributed by atoms with Crippen LogP contribution in [0.2, 0.25) is 5.02 Å². The van der Waals surface area contributed by atoms with E-state index in [1.807, 2.05) is 24.2 Å². The molecule has 0 N–H and O–H groups in total. The van der Waals surface area contributed by atoms with Crippen molar-refractivity contribution in [3.05, 3.63) is 34.6 Å². The molecule has 25 heavy (non-hydrogen) atoms. The number of amides is 1. The summed E-state index contributed by atoms with van der Waals surface area (Å²) in [6.45, 7) is 4.62. The Labute approximate surface area is 152 Å². The highest BCUT2D eigenvalue weighted by molar-refractivity contribution is 6.34. The zero-order chi connectivity index (χ0) is 18.0. The second-order valence-corrected chi connectivity index (χ2v) is 6.81. The Bertz CT molecular complexity index is 754. The lowest BCUT2D eigenvalue weighted by molar-refractivity contribution is 0.0696. The minimum absolute atomic E-state index is 0.103. The lowest BCUT2D eigenvalue weighted by atomic mass is 9.96. The summed E-state index contributed by atoms with van der Waals surface area (Å²) < 4.78 is 8.92. The fraction of sp³-hybridized carbons (Fsp3) is 0.588. The summed E-state index contributed by atoms with van der Waals surface area (Å²) in [5.74, 6) is 1.12. The van der Waals surface area contributed by atoms with Crippen LogP contribution in [0.5, 0.6) is 0 Å². The van der Waals surface area contributed by atoms with Crippen molar-refractivity contribution in [3.63, 3.8) is 0 Å². The Kier molecular flexibility index (Phi) is 5.44. The third-order valence-electron chi connectivity index (χ3n) is 4.82. The molecule has 2 aromatic heterocycles. The monoisotopic (exact) mass is 365 g/mol. The number of rotatable bonds is 5. The van der Waals surface area contributed by atoms with Gasteiger partial charge in [-0.1, -0.05) is 11.6 Å². The predicted molar refractivity (Wildman–Crippen MR) is 94.9 cm³/mol. The van der Waals surface area contributed by atoms with Gasteiger partial charge in [-0.2, -0.15) is 5.10 Å². The number of methoxy groups -OCH3 is 1. The largest absolute Gasteiger partial charge is 0.383 e. The molecule has 1 fully saturated rings.